The van der Waals surface area contributed by atoms with E-state index in [1.807, 2.05) is 20.0 Å². The van der Waals surface area contributed by atoms with E-state index in [9.17, 15) is 9.90 Å². The van der Waals surface area contributed by atoms with Crippen molar-refractivity contribution in [3.8, 4) is 0 Å². The van der Waals surface area contributed by atoms with Crippen molar-refractivity contribution in [2.75, 3.05) is 0 Å². The lowest BCUT2D eigenvalue weighted by atomic mass is 9.66. The zero-order valence-electron chi connectivity index (χ0n) is 8.45. The Bertz CT molecular complexity index is 358. The lowest BCUT2D eigenvalue weighted by Gasteiger charge is -2.35. The van der Waals surface area contributed by atoms with E-state index in [-0.39, 0.29) is 0 Å². The summed E-state index contributed by atoms with van der Waals surface area (Å²) in [6.07, 6.45) is 2.43. The molecule has 0 bridgehead atoms. The van der Waals surface area contributed by atoms with Crippen LogP contribution in [0.1, 0.15) is 30.7 Å². The van der Waals surface area contributed by atoms with E-state index < -0.39 is 11.4 Å². The van der Waals surface area contributed by atoms with Gasteiger partial charge in [-0.25, -0.2) is 0 Å². The van der Waals surface area contributed by atoms with Crippen LogP contribution in [-0.2, 0) is 17.3 Å². The molecule has 4 nitrogen and oxygen atoms in total. The van der Waals surface area contributed by atoms with Gasteiger partial charge in [0.2, 0.25) is 0 Å². The number of rotatable bonds is 2. The quantitative estimate of drug-likeness (QED) is 0.770. The highest BCUT2D eigenvalue weighted by Crippen LogP contribution is 2.43. The first-order valence-corrected chi connectivity index (χ1v) is 4.81. The molecule has 0 aliphatic heterocycles. The molecule has 2 rings (SSSR count). The molecule has 0 amide bonds. The third-order valence-corrected chi connectivity index (χ3v) is 3.22. The van der Waals surface area contributed by atoms with E-state index >= 15 is 0 Å². The molecule has 0 saturated heterocycles. The molecule has 0 spiro atoms. The van der Waals surface area contributed by atoms with Crippen LogP contribution in [-0.4, -0.2) is 20.9 Å². The van der Waals surface area contributed by atoms with Gasteiger partial charge in [-0.3, -0.25) is 9.48 Å². The number of carbonyl (C=O) groups is 1. The summed E-state index contributed by atoms with van der Waals surface area (Å²) in [4.78, 5) is 11.2. The first-order chi connectivity index (χ1) is 6.56. The fourth-order valence-electron chi connectivity index (χ4n) is 1.90. The van der Waals surface area contributed by atoms with Crippen molar-refractivity contribution in [1.29, 1.82) is 0 Å². The Morgan fingerprint density at radius 3 is 2.57 bits per heavy atom. The fraction of sp³-hybridized carbons (Fsp3) is 0.600. The molecule has 0 aromatic carbocycles. The summed E-state index contributed by atoms with van der Waals surface area (Å²) in [6, 6.07) is 1.88. The van der Waals surface area contributed by atoms with Crippen LogP contribution in [0.15, 0.2) is 6.07 Å². The Morgan fingerprint density at radius 1 is 1.64 bits per heavy atom. The van der Waals surface area contributed by atoms with Gasteiger partial charge in [-0.2, -0.15) is 5.10 Å². The fourth-order valence-corrected chi connectivity index (χ4v) is 1.90. The Balaban J connectivity index is 2.41. The molecule has 4 heteroatoms. The Morgan fingerprint density at radius 2 is 2.29 bits per heavy atom. The monoisotopic (exact) mass is 194 g/mol. The van der Waals surface area contributed by atoms with E-state index in [0.717, 1.165) is 30.7 Å². The second kappa shape index (κ2) is 2.83. The summed E-state index contributed by atoms with van der Waals surface area (Å²) in [5, 5.41) is 13.4. The van der Waals surface area contributed by atoms with E-state index in [2.05, 4.69) is 5.10 Å². The maximum absolute atomic E-state index is 11.2. The van der Waals surface area contributed by atoms with Crippen molar-refractivity contribution < 1.29 is 9.90 Å². The second-order valence-electron chi connectivity index (χ2n) is 4.04. The lowest BCUT2D eigenvalue weighted by molar-refractivity contribution is -0.147. The highest BCUT2D eigenvalue weighted by atomic mass is 16.4. The Hall–Kier alpha value is -1.32. The van der Waals surface area contributed by atoms with Gasteiger partial charge in [0.25, 0.3) is 0 Å². The molecular weight excluding hydrogens is 180 g/mol. The van der Waals surface area contributed by atoms with Crippen LogP contribution in [0, 0.1) is 6.92 Å². The first kappa shape index (κ1) is 9.24. The molecule has 1 heterocycles. The third-order valence-electron chi connectivity index (χ3n) is 3.22. The van der Waals surface area contributed by atoms with Crippen molar-refractivity contribution in [1.82, 2.24) is 9.78 Å². The molecule has 0 atom stereocenters. The number of aromatic nitrogens is 2. The minimum atomic E-state index is -0.734. The van der Waals surface area contributed by atoms with Gasteiger partial charge in [0.15, 0.2) is 0 Å². The van der Waals surface area contributed by atoms with Gasteiger partial charge in [-0.1, -0.05) is 6.42 Å². The molecule has 1 aromatic heterocycles. The minimum Gasteiger partial charge on any atom is -0.481 e. The van der Waals surface area contributed by atoms with Crippen LogP contribution in [0.3, 0.4) is 0 Å². The van der Waals surface area contributed by atoms with Gasteiger partial charge in [-0.05, 0) is 25.8 Å². The summed E-state index contributed by atoms with van der Waals surface area (Å²) in [7, 11) is 1.84. The second-order valence-corrected chi connectivity index (χ2v) is 4.04. The average Bonchev–Trinajstić information content (AvgIpc) is 2.28. The molecule has 1 aromatic rings. The van der Waals surface area contributed by atoms with Gasteiger partial charge in [-0.15, -0.1) is 0 Å². The summed E-state index contributed by atoms with van der Waals surface area (Å²) in [5.74, 6) is -0.734. The Kier molecular flexibility index (Phi) is 1.87. The normalized spacial score (nSPS) is 19.0. The molecule has 0 unspecified atom stereocenters. The van der Waals surface area contributed by atoms with E-state index in [1.165, 1.54) is 0 Å². The maximum atomic E-state index is 11.2. The summed E-state index contributed by atoms with van der Waals surface area (Å²) in [6.45, 7) is 1.94. The highest BCUT2D eigenvalue weighted by Gasteiger charge is 2.47. The number of carboxylic acid groups (broad SMARTS) is 1. The number of aliphatic carboxylic acids is 1. The smallest absolute Gasteiger partial charge is 0.315 e. The molecule has 14 heavy (non-hydrogen) atoms. The zero-order chi connectivity index (χ0) is 10.3. The molecule has 1 N–H and O–H groups in total. The van der Waals surface area contributed by atoms with Gasteiger partial charge < -0.3 is 5.11 Å². The predicted molar refractivity (Wildman–Crippen MR) is 51.1 cm³/mol. The van der Waals surface area contributed by atoms with Crippen LogP contribution in [0.4, 0.5) is 0 Å². The lowest BCUT2D eigenvalue weighted by Crippen LogP contribution is -2.42. The van der Waals surface area contributed by atoms with Crippen molar-refractivity contribution in [3.05, 3.63) is 17.5 Å². The van der Waals surface area contributed by atoms with Gasteiger partial charge in [0.1, 0.15) is 5.41 Å². The summed E-state index contributed by atoms with van der Waals surface area (Å²) in [5.41, 5.74) is 1.04. The topological polar surface area (TPSA) is 55.1 Å². The van der Waals surface area contributed by atoms with Crippen molar-refractivity contribution in [3.63, 3.8) is 0 Å². The van der Waals surface area contributed by atoms with Crippen LogP contribution in [0.2, 0.25) is 0 Å². The molecular formula is C10H14N2O2. The predicted octanol–water partition coefficient (Wildman–Crippen LogP) is 1.23. The van der Waals surface area contributed by atoms with E-state index in [1.54, 1.807) is 4.68 Å². The molecule has 1 aliphatic carbocycles. The molecule has 76 valence electrons. The highest BCUT2D eigenvalue weighted by molar-refractivity contribution is 5.81. The number of hydrogen-bond donors (Lipinski definition) is 1. The van der Waals surface area contributed by atoms with Crippen molar-refractivity contribution in [2.45, 2.75) is 31.6 Å². The van der Waals surface area contributed by atoms with Gasteiger partial charge >= 0.3 is 5.97 Å². The van der Waals surface area contributed by atoms with Crippen molar-refractivity contribution >= 4 is 5.97 Å². The van der Waals surface area contributed by atoms with E-state index in [4.69, 9.17) is 0 Å². The molecule has 0 radical (unpaired) electrons. The molecule has 1 aliphatic rings. The van der Waals surface area contributed by atoms with Gasteiger partial charge in [0, 0.05) is 12.7 Å². The minimum absolute atomic E-state index is 0.688. The third kappa shape index (κ3) is 1.06. The largest absolute Gasteiger partial charge is 0.481 e. The van der Waals surface area contributed by atoms with Crippen LogP contribution in [0.25, 0.3) is 0 Å². The van der Waals surface area contributed by atoms with Crippen molar-refractivity contribution in [2.24, 2.45) is 7.05 Å². The SMILES string of the molecule is Cc1cc(C2(C(=O)O)CCC2)nn1C. The Labute approximate surface area is 82.5 Å². The number of carboxylic acids is 1. The number of hydrogen-bond acceptors (Lipinski definition) is 2. The van der Waals surface area contributed by atoms with Gasteiger partial charge in [0.05, 0.1) is 5.69 Å². The van der Waals surface area contributed by atoms with Crippen LogP contribution >= 0.6 is 0 Å². The van der Waals surface area contributed by atoms with Crippen LogP contribution < -0.4 is 0 Å². The number of aryl methyl sites for hydroxylation is 2. The molecule has 1 fully saturated rings. The summed E-state index contributed by atoms with van der Waals surface area (Å²) < 4.78 is 1.73. The number of nitrogens with zero attached hydrogens (tertiary/aromatic N) is 2. The average molecular weight is 194 g/mol. The summed E-state index contributed by atoms with van der Waals surface area (Å²) >= 11 is 0. The maximum Gasteiger partial charge on any atom is 0.315 e. The molecule has 1 saturated carbocycles. The zero-order valence-corrected chi connectivity index (χ0v) is 8.45. The first-order valence-electron chi connectivity index (χ1n) is 4.81. The van der Waals surface area contributed by atoms with E-state index in [0.29, 0.717) is 0 Å². The standard InChI is InChI=1S/C10H14N2O2/c1-7-6-8(11-12(7)2)10(9(13)14)4-3-5-10/h6H,3-5H2,1-2H3,(H,13,14). The van der Waals surface area contributed by atoms with Crippen LogP contribution in [0.5, 0.6) is 0 Å².